The summed E-state index contributed by atoms with van der Waals surface area (Å²) in [5, 5.41) is 31.1. The van der Waals surface area contributed by atoms with E-state index < -0.39 is 18.3 Å². The molecule has 31 heavy (non-hydrogen) atoms. The molecule has 1 aromatic carbocycles. The van der Waals surface area contributed by atoms with E-state index in [-0.39, 0.29) is 23.6 Å². The van der Waals surface area contributed by atoms with Crippen molar-refractivity contribution in [3.8, 4) is 0 Å². The van der Waals surface area contributed by atoms with Crippen molar-refractivity contribution in [3.05, 3.63) is 35.6 Å². The molecule has 1 aliphatic rings. The molecule has 1 fully saturated rings. The second-order valence-corrected chi connectivity index (χ2v) is 8.94. The van der Waals surface area contributed by atoms with Gasteiger partial charge in [0.2, 0.25) is 0 Å². The Morgan fingerprint density at radius 3 is 2.42 bits per heavy atom. The number of ether oxygens (including phenoxy) is 1. The number of aliphatic hydroxyl groups excluding tert-OH is 3. The fourth-order valence-corrected chi connectivity index (χ4v) is 4.84. The van der Waals surface area contributed by atoms with Crippen LogP contribution in [0.4, 0.5) is 4.39 Å². The number of benzene rings is 1. The predicted molar refractivity (Wildman–Crippen MR) is 118 cm³/mol. The minimum atomic E-state index is -0.523. The summed E-state index contributed by atoms with van der Waals surface area (Å²) >= 11 is 0. The Kier molecular flexibility index (Phi) is 11.5. The lowest BCUT2D eigenvalue weighted by molar-refractivity contribution is -0.140. The molecule has 0 amide bonds. The highest BCUT2D eigenvalue weighted by atomic mass is 19.1. The van der Waals surface area contributed by atoms with Crippen LogP contribution in [0.2, 0.25) is 0 Å². The lowest BCUT2D eigenvalue weighted by Crippen LogP contribution is -2.24. The second kappa shape index (κ2) is 13.8. The van der Waals surface area contributed by atoms with Crippen molar-refractivity contribution in [3.63, 3.8) is 0 Å². The summed E-state index contributed by atoms with van der Waals surface area (Å²) in [7, 11) is 1.40. The fourth-order valence-electron chi connectivity index (χ4n) is 4.84. The monoisotopic (exact) mass is 438 g/mol. The van der Waals surface area contributed by atoms with Crippen molar-refractivity contribution in [2.24, 2.45) is 11.8 Å². The first-order valence-electron chi connectivity index (χ1n) is 11.8. The molecule has 5 unspecified atom stereocenters. The van der Waals surface area contributed by atoms with Crippen molar-refractivity contribution in [2.45, 2.75) is 95.4 Å². The van der Waals surface area contributed by atoms with E-state index in [2.05, 4.69) is 4.74 Å². The van der Waals surface area contributed by atoms with Crippen LogP contribution in [0.3, 0.4) is 0 Å². The molecule has 0 spiro atoms. The smallest absolute Gasteiger partial charge is 0.305 e. The van der Waals surface area contributed by atoms with Gasteiger partial charge in [-0.25, -0.2) is 4.39 Å². The highest BCUT2D eigenvalue weighted by Gasteiger charge is 2.40. The summed E-state index contributed by atoms with van der Waals surface area (Å²) in [6, 6.07) is 6.73. The second-order valence-electron chi connectivity index (χ2n) is 8.94. The molecular weight excluding hydrogens is 399 g/mol. The van der Waals surface area contributed by atoms with Gasteiger partial charge in [-0.15, -0.1) is 0 Å². The van der Waals surface area contributed by atoms with Crippen LogP contribution < -0.4 is 0 Å². The van der Waals surface area contributed by atoms with Crippen molar-refractivity contribution in [1.29, 1.82) is 0 Å². The molecule has 1 aliphatic carbocycles. The fraction of sp³-hybridized carbons (Fsp3) is 0.720. The maximum absolute atomic E-state index is 13.7. The standard InChI is InChI=1S/C25H39FO5/c1-31-25(30)14-5-3-2-4-12-20-21(24(29)17-23(20)28)16-15-19(27)11-8-10-18-9-6-7-13-22(18)26/h6-7,9,13,19-21,23-24,27-29H,2-5,8,10-12,14-17H2,1H3. The van der Waals surface area contributed by atoms with E-state index in [1.807, 2.05) is 6.07 Å². The quantitative estimate of drug-likeness (QED) is 0.300. The van der Waals surface area contributed by atoms with E-state index in [0.29, 0.717) is 50.5 Å². The van der Waals surface area contributed by atoms with Gasteiger partial charge in [-0.05, 0) is 74.8 Å². The average Bonchev–Trinajstić information content (AvgIpc) is 3.02. The van der Waals surface area contributed by atoms with Gasteiger partial charge >= 0.3 is 5.97 Å². The van der Waals surface area contributed by atoms with Gasteiger partial charge in [-0.1, -0.05) is 37.5 Å². The van der Waals surface area contributed by atoms with Gasteiger partial charge in [0.15, 0.2) is 0 Å². The summed E-state index contributed by atoms with van der Waals surface area (Å²) < 4.78 is 18.3. The van der Waals surface area contributed by atoms with Crippen LogP contribution in [0.1, 0.15) is 76.2 Å². The molecule has 5 nitrogen and oxygen atoms in total. The van der Waals surface area contributed by atoms with Crippen molar-refractivity contribution >= 4 is 5.97 Å². The molecule has 0 aliphatic heterocycles. The van der Waals surface area contributed by atoms with Crippen LogP contribution in [0.25, 0.3) is 0 Å². The van der Waals surface area contributed by atoms with Crippen LogP contribution in [0, 0.1) is 17.7 Å². The Balaban J connectivity index is 1.66. The largest absolute Gasteiger partial charge is 0.469 e. The van der Waals surface area contributed by atoms with Crippen molar-refractivity contribution < 1.29 is 29.2 Å². The first-order valence-corrected chi connectivity index (χ1v) is 11.8. The zero-order valence-corrected chi connectivity index (χ0v) is 18.7. The summed E-state index contributed by atoms with van der Waals surface area (Å²) in [6.07, 6.45) is 7.10. The lowest BCUT2D eigenvalue weighted by Gasteiger charge is -2.24. The predicted octanol–water partition coefficient (Wildman–Crippen LogP) is 4.16. The highest BCUT2D eigenvalue weighted by molar-refractivity contribution is 5.68. The number of aliphatic hydroxyl groups is 3. The Morgan fingerprint density at radius 1 is 1.03 bits per heavy atom. The molecule has 176 valence electrons. The van der Waals surface area contributed by atoms with Crippen LogP contribution in [-0.4, -0.2) is 46.7 Å². The van der Waals surface area contributed by atoms with E-state index in [4.69, 9.17) is 0 Å². The SMILES string of the molecule is COC(=O)CCCCCCC1C(O)CC(O)C1CCC(O)CCCc1ccccc1F. The Bertz CT molecular complexity index is 653. The summed E-state index contributed by atoms with van der Waals surface area (Å²) in [4.78, 5) is 11.1. The zero-order valence-electron chi connectivity index (χ0n) is 18.7. The number of rotatable bonds is 14. The molecule has 0 radical (unpaired) electrons. The zero-order chi connectivity index (χ0) is 22.6. The molecular formula is C25H39FO5. The molecule has 1 saturated carbocycles. The van der Waals surface area contributed by atoms with Gasteiger partial charge in [0.05, 0.1) is 25.4 Å². The molecule has 1 aromatic rings. The number of carbonyl (C=O) groups excluding carboxylic acids is 1. The third-order valence-electron chi connectivity index (χ3n) is 6.69. The topological polar surface area (TPSA) is 87.0 Å². The highest BCUT2D eigenvalue weighted by Crippen LogP contribution is 2.39. The molecule has 0 saturated heterocycles. The maximum Gasteiger partial charge on any atom is 0.305 e. The number of unbranched alkanes of at least 4 members (excludes halogenated alkanes) is 3. The summed E-state index contributed by atoms with van der Waals surface area (Å²) in [5.74, 6) is -0.317. The summed E-state index contributed by atoms with van der Waals surface area (Å²) in [6.45, 7) is 0. The van der Waals surface area contributed by atoms with Crippen LogP contribution >= 0.6 is 0 Å². The summed E-state index contributed by atoms with van der Waals surface area (Å²) in [5.41, 5.74) is 0.677. The number of hydrogen-bond acceptors (Lipinski definition) is 5. The lowest BCUT2D eigenvalue weighted by atomic mass is 9.84. The first-order chi connectivity index (χ1) is 14.9. The van der Waals surface area contributed by atoms with E-state index >= 15 is 0 Å². The van der Waals surface area contributed by atoms with E-state index in [9.17, 15) is 24.5 Å². The number of esters is 1. The number of hydrogen-bond donors (Lipinski definition) is 3. The van der Waals surface area contributed by atoms with Gasteiger partial charge in [0, 0.05) is 6.42 Å². The van der Waals surface area contributed by atoms with Crippen LogP contribution in [-0.2, 0) is 16.0 Å². The first kappa shape index (κ1) is 25.8. The Morgan fingerprint density at radius 2 is 1.71 bits per heavy atom. The van der Waals surface area contributed by atoms with Crippen LogP contribution in [0.15, 0.2) is 24.3 Å². The molecule has 2 rings (SSSR count). The van der Waals surface area contributed by atoms with E-state index in [1.54, 1.807) is 12.1 Å². The number of aryl methyl sites for hydroxylation is 1. The van der Waals surface area contributed by atoms with Gasteiger partial charge in [-0.2, -0.15) is 0 Å². The molecule has 0 heterocycles. The molecule has 0 bridgehead atoms. The minimum absolute atomic E-state index is 0.00582. The maximum atomic E-state index is 13.7. The van der Waals surface area contributed by atoms with E-state index in [0.717, 1.165) is 32.1 Å². The molecule has 6 heteroatoms. The molecule has 0 aromatic heterocycles. The van der Waals surface area contributed by atoms with Crippen molar-refractivity contribution in [2.75, 3.05) is 7.11 Å². The van der Waals surface area contributed by atoms with Crippen LogP contribution in [0.5, 0.6) is 0 Å². The van der Waals surface area contributed by atoms with Crippen molar-refractivity contribution in [1.82, 2.24) is 0 Å². The number of carbonyl (C=O) groups is 1. The average molecular weight is 439 g/mol. The van der Waals surface area contributed by atoms with Gasteiger partial charge in [0.25, 0.3) is 0 Å². The minimum Gasteiger partial charge on any atom is -0.469 e. The van der Waals surface area contributed by atoms with Gasteiger partial charge < -0.3 is 20.1 Å². The normalized spacial score (nSPS) is 24.3. The third kappa shape index (κ3) is 8.87. The van der Waals surface area contributed by atoms with E-state index in [1.165, 1.54) is 13.2 Å². The van der Waals surface area contributed by atoms with Gasteiger partial charge in [-0.3, -0.25) is 4.79 Å². The van der Waals surface area contributed by atoms with Gasteiger partial charge in [0.1, 0.15) is 5.82 Å². The third-order valence-corrected chi connectivity index (χ3v) is 6.69. The number of halogens is 1. The number of methoxy groups -OCH3 is 1. The Labute approximate surface area is 185 Å². The molecule has 5 atom stereocenters. The molecule has 3 N–H and O–H groups in total. The Hall–Kier alpha value is -1.50.